The van der Waals surface area contributed by atoms with Crippen LogP contribution in [0.3, 0.4) is 0 Å². The van der Waals surface area contributed by atoms with Crippen LogP contribution in [0.1, 0.15) is 74.0 Å². The Kier molecular flexibility index (Phi) is 12.1. The van der Waals surface area contributed by atoms with E-state index < -0.39 is 33.2 Å². The van der Waals surface area contributed by atoms with Crippen molar-refractivity contribution in [2.75, 3.05) is 13.1 Å². The summed E-state index contributed by atoms with van der Waals surface area (Å²) >= 11 is 1.02. The molecule has 0 fully saturated rings. The third-order valence-electron chi connectivity index (χ3n) is 8.79. The number of phenols is 1. The van der Waals surface area contributed by atoms with Gasteiger partial charge in [0.1, 0.15) is 11.4 Å². The van der Waals surface area contributed by atoms with Gasteiger partial charge in [-0.2, -0.15) is 0 Å². The highest BCUT2D eigenvalue weighted by atomic mass is 32.1. The van der Waals surface area contributed by atoms with Crippen molar-refractivity contribution >= 4 is 54.5 Å². The predicted octanol–water partition coefficient (Wildman–Crippen LogP) is 5.45. The lowest BCUT2D eigenvalue weighted by Crippen LogP contribution is -2.46. The van der Waals surface area contributed by atoms with Crippen molar-refractivity contribution in [1.82, 2.24) is 15.2 Å². The summed E-state index contributed by atoms with van der Waals surface area (Å²) < 4.78 is 13.1. The van der Waals surface area contributed by atoms with E-state index in [-0.39, 0.29) is 35.3 Å². The molecule has 0 aliphatic carbocycles. The Morgan fingerprint density at radius 2 is 1.62 bits per heavy atom. The number of aromatic nitrogens is 1. The molecule has 1 atom stereocenters. The number of rotatable bonds is 12. The number of hydrogen-bond acceptors (Lipinski definition) is 9. The first kappa shape index (κ1) is 38.8. The maximum atomic E-state index is 13.7. The number of aromatic hydroxyl groups is 1. The third-order valence-corrected chi connectivity index (χ3v) is 14.4. The monoisotopic (exact) mass is 721 g/mol. The lowest BCUT2D eigenvalue weighted by Gasteiger charge is -2.41. The standard InChI is InChI=1S/C36H48BN3O8SSi/c1-35(2,3)47-34(44)40(20-19-23-9-11-24(12-10-23)21-38-33(43)29-16-17-30(49-29)37(45)46)22-28(48-50(7,8)36(4,5)6)25-13-15-27(41)32-26(25)14-18-31(42)39-32/h9-18,28,41,45-46H,19-22H2,1-8H3,(H,38,43)(H,39,42). The molecule has 0 saturated carbocycles. The molecule has 1 unspecified atom stereocenters. The zero-order valence-electron chi connectivity index (χ0n) is 30.0. The van der Waals surface area contributed by atoms with Gasteiger partial charge in [-0.25, -0.2) is 4.79 Å². The number of aromatic amines is 1. The number of carbonyl (C=O) groups is 2. The summed E-state index contributed by atoms with van der Waals surface area (Å²) in [6, 6.07) is 17.2. The van der Waals surface area contributed by atoms with Crippen molar-refractivity contribution in [1.29, 1.82) is 0 Å². The number of H-pyrrole nitrogens is 1. The molecule has 5 N–H and O–H groups in total. The number of nitrogens with one attached hydrogen (secondary N) is 2. The van der Waals surface area contributed by atoms with Crippen LogP contribution in [0.5, 0.6) is 5.75 Å². The Balaban J connectivity index is 1.57. The molecule has 50 heavy (non-hydrogen) atoms. The summed E-state index contributed by atoms with van der Waals surface area (Å²) in [7, 11) is -4.03. The Hall–Kier alpha value is -3.95. The van der Waals surface area contributed by atoms with Gasteiger partial charge in [0, 0.05) is 29.3 Å². The molecule has 11 nitrogen and oxygen atoms in total. The summed E-state index contributed by atoms with van der Waals surface area (Å²) in [6.07, 6.45) is -0.560. The van der Waals surface area contributed by atoms with Gasteiger partial charge in [-0.1, -0.05) is 57.2 Å². The summed E-state index contributed by atoms with van der Waals surface area (Å²) in [5.41, 5.74) is 1.83. The molecule has 0 bridgehead atoms. The van der Waals surface area contributed by atoms with E-state index in [4.69, 9.17) is 9.16 Å². The van der Waals surface area contributed by atoms with Crippen LogP contribution < -0.4 is 15.7 Å². The van der Waals surface area contributed by atoms with Gasteiger partial charge >= 0.3 is 13.2 Å². The number of phenolic OH excluding ortho intramolecular Hbond substituents is 1. The van der Waals surface area contributed by atoms with Crippen LogP contribution in [0.15, 0.2) is 65.5 Å². The van der Waals surface area contributed by atoms with Crippen molar-refractivity contribution in [3.63, 3.8) is 0 Å². The largest absolute Gasteiger partial charge is 0.506 e. The van der Waals surface area contributed by atoms with Gasteiger partial charge in [-0.3, -0.25) is 9.59 Å². The molecular weight excluding hydrogens is 673 g/mol. The van der Waals surface area contributed by atoms with Crippen LogP contribution in [0.2, 0.25) is 18.1 Å². The number of nitrogens with zero attached hydrogens (tertiary/aromatic N) is 1. The predicted molar refractivity (Wildman–Crippen MR) is 201 cm³/mol. The molecule has 0 saturated heterocycles. The number of thiophene rings is 1. The second-order valence-electron chi connectivity index (χ2n) is 14.9. The van der Waals surface area contributed by atoms with Gasteiger partial charge in [-0.05, 0) is 80.2 Å². The minimum Gasteiger partial charge on any atom is -0.506 e. The molecular formula is C36H48BN3O8SSi. The second kappa shape index (κ2) is 15.5. The van der Waals surface area contributed by atoms with Gasteiger partial charge in [0.15, 0.2) is 8.32 Å². The first-order valence-corrected chi connectivity index (χ1v) is 20.3. The van der Waals surface area contributed by atoms with E-state index in [1.165, 1.54) is 18.2 Å². The summed E-state index contributed by atoms with van der Waals surface area (Å²) in [5, 5.41) is 32.6. The average Bonchev–Trinajstić information content (AvgIpc) is 3.52. The third kappa shape index (κ3) is 10.1. The Labute approximate surface area is 298 Å². The van der Waals surface area contributed by atoms with Gasteiger partial charge in [0.05, 0.1) is 23.0 Å². The molecule has 14 heteroatoms. The van der Waals surface area contributed by atoms with Gasteiger partial charge in [0.2, 0.25) is 5.56 Å². The molecule has 0 spiro atoms. The van der Waals surface area contributed by atoms with Gasteiger partial charge < -0.3 is 39.5 Å². The summed E-state index contributed by atoms with van der Waals surface area (Å²) in [5.74, 6) is -0.358. The fraction of sp³-hybridized carbons (Fsp3) is 0.417. The molecule has 2 amide bonds. The lowest BCUT2D eigenvalue weighted by atomic mass is 9.90. The molecule has 2 heterocycles. The fourth-order valence-electron chi connectivity index (χ4n) is 5.03. The van der Waals surface area contributed by atoms with Crippen LogP contribution in [0, 0.1) is 0 Å². The maximum absolute atomic E-state index is 13.7. The van der Waals surface area contributed by atoms with Crippen molar-refractivity contribution in [2.24, 2.45) is 0 Å². The second-order valence-corrected chi connectivity index (χ2v) is 20.8. The summed E-state index contributed by atoms with van der Waals surface area (Å²) in [4.78, 5) is 43.2. The first-order chi connectivity index (χ1) is 23.2. The summed E-state index contributed by atoms with van der Waals surface area (Å²) in [6.45, 7) is 17.0. The van der Waals surface area contributed by atoms with E-state index in [1.54, 1.807) is 23.1 Å². The minimum atomic E-state index is -2.41. The number of amides is 2. The average molecular weight is 722 g/mol. The molecule has 4 rings (SSSR count). The van der Waals surface area contributed by atoms with Crippen LogP contribution in [-0.4, -0.2) is 71.2 Å². The molecule has 4 aromatic rings. The smallest absolute Gasteiger partial charge is 0.499 e. The molecule has 2 aromatic heterocycles. The van der Waals surface area contributed by atoms with Gasteiger partial charge in [-0.15, -0.1) is 11.3 Å². The topological polar surface area (TPSA) is 161 Å². The Bertz CT molecular complexity index is 1860. The van der Waals surface area contributed by atoms with E-state index in [0.29, 0.717) is 33.5 Å². The molecule has 0 aliphatic rings. The van der Waals surface area contributed by atoms with Crippen LogP contribution in [0.25, 0.3) is 10.9 Å². The Morgan fingerprint density at radius 1 is 0.960 bits per heavy atom. The highest BCUT2D eigenvalue weighted by molar-refractivity contribution is 7.23. The van der Waals surface area contributed by atoms with Crippen LogP contribution in [0.4, 0.5) is 4.79 Å². The SMILES string of the molecule is CC(C)(C)OC(=O)N(CCc1ccc(CNC(=O)c2ccc(B(O)O)s2)cc1)CC(O[Si](C)(C)C(C)(C)C)c1ccc(O)c2[nH]c(=O)ccc12. The lowest BCUT2D eigenvalue weighted by molar-refractivity contribution is 0.0159. The molecule has 0 aliphatic heterocycles. The fourth-order valence-corrected chi connectivity index (χ4v) is 7.09. The van der Waals surface area contributed by atoms with E-state index in [1.807, 2.05) is 45.0 Å². The van der Waals surface area contributed by atoms with Crippen molar-refractivity contribution in [3.05, 3.63) is 92.6 Å². The van der Waals surface area contributed by atoms with E-state index >= 15 is 0 Å². The molecule has 0 radical (unpaired) electrons. The van der Waals surface area contributed by atoms with Gasteiger partial charge in [0.25, 0.3) is 5.91 Å². The quantitative estimate of drug-likeness (QED) is 0.121. The Morgan fingerprint density at radius 3 is 2.22 bits per heavy atom. The van der Waals surface area contributed by atoms with Crippen molar-refractivity contribution < 1.29 is 33.9 Å². The van der Waals surface area contributed by atoms with E-state index in [0.717, 1.165) is 28.0 Å². The minimum absolute atomic E-state index is 0.0540. The zero-order chi connectivity index (χ0) is 37.0. The van der Waals surface area contributed by atoms with Crippen LogP contribution >= 0.6 is 11.3 Å². The number of benzene rings is 2. The number of carbonyl (C=O) groups excluding carboxylic acids is 2. The number of ether oxygens (including phenoxy) is 1. The van der Waals surface area contributed by atoms with Crippen LogP contribution in [-0.2, 0) is 22.1 Å². The number of fused-ring (bicyclic) bond motifs is 1. The molecule has 268 valence electrons. The maximum Gasteiger partial charge on any atom is 0.499 e. The van der Waals surface area contributed by atoms with Crippen molar-refractivity contribution in [3.8, 4) is 5.75 Å². The number of pyridine rings is 1. The highest BCUT2D eigenvalue weighted by Crippen LogP contribution is 2.41. The van der Waals surface area contributed by atoms with E-state index in [9.17, 15) is 29.5 Å². The molecule has 2 aromatic carbocycles. The van der Waals surface area contributed by atoms with E-state index in [2.05, 4.69) is 44.2 Å². The normalized spacial score (nSPS) is 12.8. The highest BCUT2D eigenvalue weighted by Gasteiger charge is 2.41. The number of hydrogen-bond donors (Lipinski definition) is 5. The zero-order valence-corrected chi connectivity index (χ0v) is 31.8. The first-order valence-electron chi connectivity index (χ1n) is 16.6. The van der Waals surface area contributed by atoms with Crippen molar-refractivity contribution in [2.45, 2.75) is 84.3 Å².